The highest BCUT2D eigenvalue weighted by molar-refractivity contribution is 5.29. The van der Waals surface area contributed by atoms with E-state index in [0.29, 0.717) is 18.9 Å². The molecule has 0 bridgehead atoms. The van der Waals surface area contributed by atoms with Gasteiger partial charge in [0.1, 0.15) is 5.75 Å². The van der Waals surface area contributed by atoms with Crippen LogP contribution >= 0.6 is 0 Å². The molecule has 18 heavy (non-hydrogen) atoms. The first kappa shape index (κ1) is 15.0. The maximum absolute atomic E-state index is 9.75. The van der Waals surface area contributed by atoms with E-state index in [-0.39, 0.29) is 6.54 Å². The molecule has 0 aliphatic rings. The molecule has 2 atom stereocenters. The summed E-state index contributed by atoms with van der Waals surface area (Å²) in [5.74, 6) is 1.42. The van der Waals surface area contributed by atoms with E-state index in [4.69, 9.17) is 10.5 Å². The second-order valence-corrected chi connectivity index (χ2v) is 5.18. The van der Waals surface area contributed by atoms with Gasteiger partial charge in [0.15, 0.2) is 0 Å². The van der Waals surface area contributed by atoms with Crippen molar-refractivity contribution < 1.29 is 9.84 Å². The van der Waals surface area contributed by atoms with E-state index in [1.54, 1.807) is 6.92 Å². The lowest BCUT2D eigenvalue weighted by Crippen LogP contribution is -2.35. The van der Waals surface area contributed by atoms with Crippen LogP contribution in [-0.4, -0.2) is 23.9 Å². The first-order valence-corrected chi connectivity index (χ1v) is 6.63. The van der Waals surface area contributed by atoms with Gasteiger partial charge in [0.05, 0.1) is 12.2 Å². The predicted octanol–water partition coefficient (Wildman–Crippen LogP) is 2.68. The van der Waals surface area contributed by atoms with Gasteiger partial charge in [0, 0.05) is 13.0 Å². The molecule has 0 fully saturated rings. The second-order valence-electron chi connectivity index (χ2n) is 5.18. The molecule has 0 aromatic heterocycles. The summed E-state index contributed by atoms with van der Waals surface area (Å²) in [6.45, 7) is 6.86. The minimum absolute atomic E-state index is 0.253. The third-order valence-electron chi connectivity index (χ3n) is 3.41. The van der Waals surface area contributed by atoms with Crippen molar-refractivity contribution in [2.24, 2.45) is 5.73 Å². The van der Waals surface area contributed by atoms with Crippen LogP contribution in [-0.2, 0) is 0 Å². The Morgan fingerprint density at radius 2 is 1.94 bits per heavy atom. The molecule has 0 radical (unpaired) electrons. The summed E-state index contributed by atoms with van der Waals surface area (Å²) in [5, 5.41) is 9.75. The molecule has 3 heteroatoms. The number of nitrogens with two attached hydrogens (primary N) is 1. The molecule has 0 aliphatic carbocycles. The third kappa shape index (κ3) is 4.67. The maximum atomic E-state index is 9.75. The van der Waals surface area contributed by atoms with Crippen LogP contribution in [0.2, 0.25) is 0 Å². The Labute approximate surface area is 110 Å². The van der Waals surface area contributed by atoms with Crippen LogP contribution in [0.4, 0.5) is 0 Å². The Hall–Kier alpha value is -1.06. The summed E-state index contributed by atoms with van der Waals surface area (Å²) in [4.78, 5) is 0. The standard InChI is InChI=1S/C15H25NO2/c1-4-12(2)13-5-7-14(8-6-13)18-10-9-15(3,17)11-16/h5-8,12,17H,4,9-11,16H2,1-3H3. The monoisotopic (exact) mass is 251 g/mol. The smallest absolute Gasteiger partial charge is 0.119 e. The highest BCUT2D eigenvalue weighted by Crippen LogP contribution is 2.21. The normalized spacial score (nSPS) is 16.1. The fourth-order valence-electron chi connectivity index (χ4n) is 1.62. The van der Waals surface area contributed by atoms with Gasteiger partial charge in [0.25, 0.3) is 0 Å². The van der Waals surface area contributed by atoms with E-state index in [9.17, 15) is 5.11 Å². The van der Waals surface area contributed by atoms with Crippen molar-refractivity contribution in [3.05, 3.63) is 29.8 Å². The summed E-state index contributed by atoms with van der Waals surface area (Å²) in [7, 11) is 0. The van der Waals surface area contributed by atoms with Crippen molar-refractivity contribution in [2.45, 2.75) is 45.1 Å². The summed E-state index contributed by atoms with van der Waals surface area (Å²) in [6, 6.07) is 8.17. The van der Waals surface area contributed by atoms with Crippen molar-refractivity contribution in [2.75, 3.05) is 13.2 Å². The molecule has 0 saturated heterocycles. The molecule has 3 N–H and O–H groups in total. The molecule has 1 rings (SSSR count). The molecular formula is C15H25NO2. The van der Waals surface area contributed by atoms with Gasteiger partial charge in [-0.15, -0.1) is 0 Å². The van der Waals surface area contributed by atoms with Gasteiger partial charge in [-0.2, -0.15) is 0 Å². The molecule has 102 valence electrons. The van der Waals surface area contributed by atoms with E-state index < -0.39 is 5.60 Å². The molecule has 2 unspecified atom stereocenters. The zero-order chi connectivity index (χ0) is 13.6. The highest BCUT2D eigenvalue weighted by Gasteiger charge is 2.17. The van der Waals surface area contributed by atoms with E-state index in [0.717, 1.165) is 12.2 Å². The Morgan fingerprint density at radius 3 is 2.44 bits per heavy atom. The Balaban J connectivity index is 2.45. The number of aliphatic hydroxyl groups is 1. The van der Waals surface area contributed by atoms with Gasteiger partial charge in [-0.1, -0.05) is 26.0 Å². The molecule has 0 amide bonds. The van der Waals surface area contributed by atoms with Crippen molar-refractivity contribution in [3.63, 3.8) is 0 Å². The maximum Gasteiger partial charge on any atom is 0.119 e. The molecule has 0 aliphatic heterocycles. The van der Waals surface area contributed by atoms with Gasteiger partial charge in [-0.05, 0) is 37.0 Å². The van der Waals surface area contributed by atoms with Crippen LogP contribution in [0.3, 0.4) is 0 Å². The lowest BCUT2D eigenvalue weighted by Gasteiger charge is -2.20. The van der Waals surface area contributed by atoms with E-state index in [1.807, 2.05) is 12.1 Å². The van der Waals surface area contributed by atoms with Crippen molar-refractivity contribution in [3.8, 4) is 5.75 Å². The van der Waals surface area contributed by atoms with Crippen molar-refractivity contribution >= 4 is 0 Å². The predicted molar refractivity (Wildman–Crippen MR) is 74.9 cm³/mol. The number of ether oxygens (including phenoxy) is 1. The Bertz CT molecular complexity index is 346. The molecular weight excluding hydrogens is 226 g/mol. The van der Waals surface area contributed by atoms with Crippen LogP contribution in [0.5, 0.6) is 5.75 Å². The van der Waals surface area contributed by atoms with Gasteiger partial charge in [-0.25, -0.2) is 0 Å². The van der Waals surface area contributed by atoms with Crippen molar-refractivity contribution in [1.82, 2.24) is 0 Å². The highest BCUT2D eigenvalue weighted by atomic mass is 16.5. The van der Waals surface area contributed by atoms with Crippen LogP contribution in [0.15, 0.2) is 24.3 Å². The minimum Gasteiger partial charge on any atom is -0.493 e. The average Bonchev–Trinajstić information content (AvgIpc) is 2.38. The van der Waals surface area contributed by atoms with Gasteiger partial charge >= 0.3 is 0 Å². The molecule has 0 spiro atoms. The van der Waals surface area contributed by atoms with E-state index in [1.165, 1.54) is 5.56 Å². The third-order valence-corrected chi connectivity index (χ3v) is 3.41. The second kappa shape index (κ2) is 6.76. The average molecular weight is 251 g/mol. The van der Waals surface area contributed by atoms with Gasteiger partial charge < -0.3 is 15.6 Å². The lowest BCUT2D eigenvalue weighted by molar-refractivity contribution is 0.0453. The quantitative estimate of drug-likeness (QED) is 0.783. The fraction of sp³-hybridized carbons (Fsp3) is 0.600. The number of benzene rings is 1. The molecule has 3 nitrogen and oxygen atoms in total. The number of hydrogen-bond acceptors (Lipinski definition) is 3. The van der Waals surface area contributed by atoms with Gasteiger partial charge in [-0.3, -0.25) is 0 Å². The number of rotatable bonds is 7. The Morgan fingerprint density at radius 1 is 1.33 bits per heavy atom. The zero-order valence-corrected chi connectivity index (χ0v) is 11.6. The van der Waals surface area contributed by atoms with E-state index in [2.05, 4.69) is 26.0 Å². The van der Waals surface area contributed by atoms with Crippen LogP contribution in [0.1, 0.15) is 45.1 Å². The summed E-state index contributed by atoms with van der Waals surface area (Å²) in [6.07, 6.45) is 1.68. The number of hydrogen-bond donors (Lipinski definition) is 2. The van der Waals surface area contributed by atoms with Crippen molar-refractivity contribution in [1.29, 1.82) is 0 Å². The molecule has 0 heterocycles. The summed E-state index contributed by atoms with van der Waals surface area (Å²) < 4.78 is 5.60. The SMILES string of the molecule is CCC(C)c1ccc(OCCC(C)(O)CN)cc1. The van der Waals surface area contributed by atoms with Crippen LogP contribution in [0.25, 0.3) is 0 Å². The summed E-state index contributed by atoms with van der Waals surface area (Å²) >= 11 is 0. The lowest BCUT2D eigenvalue weighted by atomic mass is 9.99. The molecule has 0 saturated carbocycles. The van der Waals surface area contributed by atoms with Crippen LogP contribution in [0, 0.1) is 0 Å². The first-order chi connectivity index (χ1) is 8.48. The topological polar surface area (TPSA) is 55.5 Å². The zero-order valence-electron chi connectivity index (χ0n) is 11.6. The minimum atomic E-state index is -0.837. The molecule has 1 aromatic carbocycles. The largest absolute Gasteiger partial charge is 0.493 e. The summed E-state index contributed by atoms with van der Waals surface area (Å²) in [5.41, 5.74) is 5.94. The Kier molecular flexibility index (Phi) is 5.63. The van der Waals surface area contributed by atoms with Crippen LogP contribution < -0.4 is 10.5 Å². The van der Waals surface area contributed by atoms with Gasteiger partial charge in [0.2, 0.25) is 0 Å². The van der Waals surface area contributed by atoms with E-state index >= 15 is 0 Å². The first-order valence-electron chi connectivity index (χ1n) is 6.63. The molecule has 1 aromatic rings. The fourth-order valence-corrected chi connectivity index (χ4v) is 1.62.